The number of rotatable bonds is 6. The molecule has 0 aromatic rings. The SMILES string of the molecule is CC(C)(C)C(CCO)NCCN1CCOCC1. The van der Waals surface area contributed by atoms with Crippen molar-refractivity contribution >= 4 is 0 Å². The molecule has 0 aliphatic carbocycles. The molecule has 0 aromatic carbocycles. The van der Waals surface area contributed by atoms with Crippen molar-refractivity contribution in [3.8, 4) is 0 Å². The fourth-order valence-electron chi connectivity index (χ4n) is 2.19. The van der Waals surface area contributed by atoms with Gasteiger partial charge in [-0.25, -0.2) is 0 Å². The van der Waals surface area contributed by atoms with Crippen molar-refractivity contribution in [3.63, 3.8) is 0 Å². The van der Waals surface area contributed by atoms with Crippen molar-refractivity contribution in [2.45, 2.75) is 33.2 Å². The van der Waals surface area contributed by atoms with E-state index in [1.54, 1.807) is 0 Å². The first-order valence-corrected chi connectivity index (χ1v) is 6.68. The molecule has 1 saturated heterocycles. The molecule has 1 unspecified atom stereocenters. The molecule has 1 aliphatic rings. The van der Waals surface area contributed by atoms with Crippen molar-refractivity contribution in [1.29, 1.82) is 0 Å². The molecule has 17 heavy (non-hydrogen) atoms. The molecule has 0 aromatic heterocycles. The van der Waals surface area contributed by atoms with Gasteiger partial charge < -0.3 is 15.2 Å². The van der Waals surface area contributed by atoms with E-state index in [-0.39, 0.29) is 12.0 Å². The number of morpholine rings is 1. The first-order chi connectivity index (χ1) is 8.04. The molecular weight excluding hydrogens is 216 g/mol. The van der Waals surface area contributed by atoms with E-state index in [2.05, 4.69) is 31.0 Å². The van der Waals surface area contributed by atoms with Gasteiger partial charge in [-0.2, -0.15) is 0 Å². The molecule has 1 heterocycles. The number of ether oxygens (including phenoxy) is 1. The molecular formula is C13H28N2O2. The van der Waals surface area contributed by atoms with Crippen LogP contribution in [0.5, 0.6) is 0 Å². The minimum Gasteiger partial charge on any atom is -0.396 e. The van der Waals surface area contributed by atoms with Crippen LogP contribution in [0.15, 0.2) is 0 Å². The summed E-state index contributed by atoms with van der Waals surface area (Å²) < 4.78 is 5.32. The third kappa shape index (κ3) is 5.82. The summed E-state index contributed by atoms with van der Waals surface area (Å²) in [6.07, 6.45) is 0.826. The minimum absolute atomic E-state index is 0.202. The first-order valence-electron chi connectivity index (χ1n) is 6.68. The van der Waals surface area contributed by atoms with Crippen LogP contribution in [0.25, 0.3) is 0 Å². The van der Waals surface area contributed by atoms with Gasteiger partial charge in [0.15, 0.2) is 0 Å². The highest BCUT2D eigenvalue weighted by Gasteiger charge is 2.23. The van der Waals surface area contributed by atoms with Gasteiger partial charge in [0.1, 0.15) is 0 Å². The molecule has 102 valence electrons. The van der Waals surface area contributed by atoms with E-state index >= 15 is 0 Å². The summed E-state index contributed by atoms with van der Waals surface area (Å²) in [6.45, 7) is 12.8. The molecule has 0 radical (unpaired) electrons. The Morgan fingerprint density at radius 3 is 2.47 bits per heavy atom. The van der Waals surface area contributed by atoms with E-state index in [1.165, 1.54) is 0 Å². The highest BCUT2D eigenvalue weighted by molar-refractivity contribution is 4.80. The van der Waals surface area contributed by atoms with E-state index in [1.807, 2.05) is 0 Å². The summed E-state index contributed by atoms with van der Waals surface area (Å²) in [6, 6.07) is 0.383. The van der Waals surface area contributed by atoms with Gasteiger partial charge >= 0.3 is 0 Å². The zero-order valence-electron chi connectivity index (χ0n) is 11.5. The minimum atomic E-state index is 0.202. The fraction of sp³-hybridized carbons (Fsp3) is 1.00. The standard InChI is InChI=1S/C13H28N2O2/c1-13(2,3)12(4-9-16)14-5-6-15-7-10-17-11-8-15/h12,14,16H,4-11H2,1-3H3. The number of aliphatic hydroxyl groups excluding tert-OH is 1. The Hall–Kier alpha value is -0.160. The van der Waals surface area contributed by atoms with Crippen molar-refractivity contribution < 1.29 is 9.84 Å². The molecule has 0 amide bonds. The number of hydrogen-bond acceptors (Lipinski definition) is 4. The molecule has 0 saturated carbocycles. The smallest absolute Gasteiger partial charge is 0.0594 e. The quantitative estimate of drug-likeness (QED) is 0.722. The second-order valence-electron chi connectivity index (χ2n) is 5.84. The average molecular weight is 244 g/mol. The molecule has 4 heteroatoms. The summed E-state index contributed by atoms with van der Waals surface area (Å²) in [5.41, 5.74) is 0.202. The van der Waals surface area contributed by atoms with Crippen LogP contribution < -0.4 is 5.32 Å². The molecule has 2 N–H and O–H groups in total. The van der Waals surface area contributed by atoms with Crippen LogP contribution in [0, 0.1) is 5.41 Å². The first kappa shape index (κ1) is 14.9. The van der Waals surface area contributed by atoms with Crippen LogP contribution in [0.4, 0.5) is 0 Å². The van der Waals surface area contributed by atoms with Crippen molar-refractivity contribution in [2.75, 3.05) is 46.0 Å². The molecule has 1 atom stereocenters. The second-order valence-corrected chi connectivity index (χ2v) is 5.84. The lowest BCUT2D eigenvalue weighted by atomic mass is 9.85. The van der Waals surface area contributed by atoms with Crippen LogP contribution in [-0.4, -0.2) is 62.0 Å². The molecule has 1 rings (SSSR count). The number of aliphatic hydroxyl groups is 1. The van der Waals surface area contributed by atoms with Gasteiger partial charge in [0, 0.05) is 38.8 Å². The van der Waals surface area contributed by atoms with Gasteiger partial charge in [0.25, 0.3) is 0 Å². The summed E-state index contributed by atoms with van der Waals surface area (Å²) in [4.78, 5) is 2.43. The highest BCUT2D eigenvalue weighted by atomic mass is 16.5. The normalized spacial score (nSPS) is 20.5. The Bertz CT molecular complexity index is 198. The van der Waals surface area contributed by atoms with Crippen LogP contribution >= 0.6 is 0 Å². The topological polar surface area (TPSA) is 44.7 Å². The predicted octanol–water partition coefficient (Wildman–Crippen LogP) is 0.705. The Kier molecular flexibility index (Phi) is 6.41. The largest absolute Gasteiger partial charge is 0.396 e. The average Bonchev–Trinajstić information content (AvgIpc) is 2.28. The summed E-state index contributed by atoms with van der Waals surface area (Å²) in [5.74, 6) is 0. The zero-order valence-corrected chi connectivity index (χ0v) is 11.5. The Morgan fingerprint density at radius 2 is 1.94 bits per heavy atom. The summed E-state index contributed by atoms with van der Waals surface area (Å²) in [7, 11) is 0. The Balaban J connectivity index is 2.21. The van der Waals surface area contributed by atoms with Crippen LogP contribution in [0.3, 0.4) is 0 Å². The van der Waals surface area contributed by atoms with Gasteiger partial charge in [-0.1, -0.05) is 20.8 Å². The Morgan fingerprint density at radius 1 is 1.29 bits per heavy atom. The van der Waals surface area contributed by atoms with Crippen molar-refractivity contribution in [1.82, 2.24) is 10.2 Å². The maximum Gasteiger partial charge on any atom is 0.0594 e. The summed E-state index contributed by atoms with van der Waals surface area (Å²) >= 11 is 0. The lowest BCUT2D eigenvalue weighted by molar-refractivity contribution is 0.0373. The van der Waals surface area contributed by atoms with E-state index < -0.39 is 0 Å². The lowest BCUT2D eigenvalue weighted by Crippen LogP contribution is -2.46. The van der Waals surface area contributed by atoms with Crippen molar-refractivity contribution in [2.24, 2.45) is 5.41 Å². The maximum absolute atomic E-state index is 9.08. The van der Waals surface area contributed by atoms with E-state index in [4.69, 9.17) is 9.84 Å². The van der Waals surface area contributed by atoms with E-state index in [0.29, 0.717) is 6.04 Å². The van der Waals surface area contributed by atoms with Crippen LogP contribution in [0.2, 0.25) is 0 Å². The number of hydrogen-bond donors (Lipinski definition) is 2. The van der Waals surface area contributed by atoms with Gasteiger partial charge in [-0.15, -0.1) is 0 Å². The van der Waals surface area contributed by atoms with Gasteiger partial charge in [0.05, 0.1) is 13.2 Å². The second kappa shape index (κ2) is 7.31. The zero-order chi connectivity index (χ0) is 12.7. The number of nitrogens with one attached hydrogen (secondary N) is 1. The monoisotopic (exact) mass is 244 g/mol. The van der Waals surface area contributed by atoms with Crippen LogP contribution in [-0.2, 0) is 4.74 Å². The molecule has 1 fully saturated rings. The third-order valence-electron chi connectivity index (χ3n) is 3.39. The molecule has 0 bridgehead atoms. The molecule has 0 spiro atoms. The van der Waals surface area contributed by atoms with Gasteiger partial charge in [0.2, 0.25) is 0 Å². The third-order valence-corrected chi connectivity index (χ3v) is 3.39. The van der Waals surface area contributed by atoms with Crippen molar-refractivity contribution in [3.05, 3.63) is 0 Å². The molecule has 1 aliphatic heterocycles. The number of nitrogens with zero attached hydrogens (tertiary/aromatic N) is 1. The fourth-order valence-corrected chi connectivity index (χ4v) is 2.19. The Labute approximate surface area is 105 Å². The molecule has 4 nitrogen and oxygen atoms in total. The van der Waals surface area contributed by atoms with Gasteiger partial charge in [-0.3, -0.25) is 4.90 Å². The lowest BCUT2D eigenvalue weighted by Gasteiger charge is -2.33. The van der Waals surface area contributed by atoms with Crippen LogP contribution in [0.1, 0.15) is 27.2 Å². The maximum atomic E-state index is 9.08. The summed E-state index contributed by atoms with van der Waals surface area (Å²) in [5, 5.41) is 12.6. The van der Waals surface area contributed by atoms with E-state index in [9.17, 15) is 0 Å². The van der Waals surface area contributed by atoms with Gasteiger partial charge in [-0.05, 0) is 11.8 Å². The van der Waals surface area contributed by atoms with E-state index in [0.717, 1.165) is 45.8 Å². The predicted molar refractivity (Wildman–Crippen MR) is 70.2 cm³/mol. The highest BCUT2D eigenvalue weighted by Crippen LogP contribution is 2.21.